The lowest BCUT2D eigenvalue weighted by Gasteiger charge is -2.03. The van der Waals surface area contributed by atoms with Crippen molar-refractivity contribution in [2.75, 3.05) is 18.4 Å². The van der Waals surface area contributed by atoms with Crippen molar-refractivity contribution in [3.8, 4) is 10.6 Å². The highest BCUT2D eigenvalue weighted by Crippen LogP contribution is 2.27. The number of amides is 1. The number of nitrogens with one attached hydrogen (secondary N) is 2. The van der Waals surface area contributed by atoms with E-state index in [2.05, 4.69) is 20.6 Å². The molecular formula is C19H20N4OS2. The second-order valence-corrected chi connectivity index (χ2v) is 8.38. The smallest absolute Gasteiger partial charge is 0.268 e. The predicted molar refractivity (Wildman–Crippen MR) is 107 cm³/mol. The second-order valence-electron chi connectivity index (χ2n) is 6.44. The van der Waals surface area contributed by atoms with Crippen LogP contribution in [0.15, 0.2) is 35.7 Å². The monoisotopic (exact) mass is 384 g/mol. The van der Waals surface area contributed by atoms with Crippen molar-refractivity contribution < 1.29 is 4.79 Å². The van der Waals surface area contributed by atoms with Gasteiger partial charge in [-0.15, -0.1) is 22.7 Å². The van der Waals surface area contributed by atoms with Crippen molar-refractivity contribution in [2.45, 2.75) is 19.8 Å². The number of aromatic nitrogens is 2. The first-order valence-corrected chi connectivity index (χ1v) is 10.4. The molecule has 0 bridgehead atoms. The lowest BCUT2D eigenvalue weighted by Crippen LogP contribution is -2.11. The molecule has 0 radical (unpaired) electrons. The number of carbonyl (C=O) groups is 1. The summed E-state index contributed by atoms with van der Waals surface area (Å²) in [4.78, 5) is 22.5. The van der Waals surface area contributed by atoms with Gasteiger partial charge in [0.15, 0.2) is 0 Å². The van der Waals surface area contributed by atoms with E-state index in [1.807, 2.05) is 42.6 Å². The van der Waals surface area contributed by atoms with Gasteiger partial charge >= 0.3 is 0 Å². The molecular weight excluding hydrogens is 364 g/mol. The molecule has 5 nitrogen and oxygen atoms in total. The van der Waals surface area contributed by atoms with E-state index in [-0.39, 0.29) is 5.91 Å². The van der Waals surface area contributed by atoms with Gasteiger partial charge < -0.3 is 10.6 Å². The summed E-state index contributed by atoms with van der Waals surface area (Å²) in [7, 11) is 0. The van der Waals surface area contributed by atoms with E-state index >= 15 is 0 Å². The molecule has 0 spiro atoms. The number of benzene rings is 1. The van der Waals surface area contributed by atoms with Crippen molar-refractivity contribution >= 4 is 34.4 Å². The first-order valence-electron chi connectivity index (χ1n) is 8.68. The maximum absolute atomic E-state index is 12.6. The Bertz CT molecular complexity index is 897. The molecule has 1 amide bonds. The standard InChI is InChI=1S/C19H20N4OS2/c1-12-17(26-16(21-12)9-13-7-8-20-10-13)18(24)22-15-11-25-19(23-15)14-5-3-2-4-6-14/h2-6,11,13,20H,7-10H2,1H3,(H,22,24). The van der Waals surface area contributed by atoms with E-state index < -0.39 is 0 Å². The van der Waals surface area contributed by atoms with E-state index in [1.165, 1.54) is 29.1 Å². The maximum atomic E-state index is 12.6. The van der Waals surface area contributed by atoms with Crippen LogP contribution in [0.2, 0.25) is 0 Å². The number of anilines is 1. The largest absolute Gasteiger partial charge is 0.316 e. The molecule has 2 N–H and O–H groups in total. The molecule has 1 aromatic carbocycles. The Morgan fingerprint density at radius 3 is 2.92 bits per heavy atom. The van der Waals surface area contributed by atoms with Gasteiger partial charge in [0.1, 0.15) is 15.7 Å². The lowest BCUT2D eigenvalue weighted by atomic mass is 10.1. The van der Waals surface area contributed by atoms with Gasteiger partial charge in [0.05, 0.1) is 10.7 Å². The average molecular weight is 385 g/mol. The highest BCUT2D eigenvalue weighted by molar-refractivity contribution is 7.14. The van der Waals surface area contributed by atoms with Crippen LogP contribution in [0.5, 0.6) is 0 Å². The van der Waals surface area contributed by atoms with Crippen LogP contribution in [0.4, 0.5) is 5.82 Å². The summed E-state index contributed by atoms with van der Waals surface area (Å²) in [5.41, 5.74) is 1.85. The average Bonchev–Trinajstić information content (AvgIpc) is 3.38. The zero-order valence-electron chi connectivity index (χ0n) is 14.5. The summed E-state index contributed by atoms with van der Waals surface area (Å²) in [5.74, 6) is 1.09. The Morgan fingerprint density at radius 1 is 1.31 bits per heavy atom. The highest BCUT2D eigenvalue weighted by Gasteiger charge is 2.20. The second kappa shape index (κ2) is 7.65. The van der Waals surface area contributed by atoms with E-state index in [0.29, 0.717) is 16.6 Å². The van der Waals surface area contributed by atoms with Crippen LogP contribution < -0.4 is 10.6 Å². The molecule has 26 heavy (non-hydrogen) atoms. The molecule has 2 aromatic heterocycles. The third-order valence-electron chi connectivity index (χ3n) is 4.44. The minimum atomic E-state index is -0.124. The molecule has 3 aromatic rings. The summed E-state index contributed by atoms with van der Waals surface area (Å²) in [5, 5.41) is 10.1. The Kier molecular flexibility index (Phi) is 5.10. The van der Waals surface area contributed by atoms with E-state index in [4.69, 9.17) is 0 Å². The summed E-state index contributed by atoms with van der Waals surface area (Å²) < 4.78 is 0. The first kappa shape index (κ1) is 17.3. The molecule has 1 aliphatic rings. The fourth-order valence-electron chi connectivity index (χ4n) is 3.10. The number of aryl methyl sites for hydroxylation is 1. The molecule has 7 heteroatoms. The Hall–Kier alpha value is -2.09. The van der Waals surface area contributed by atoms with Crippen LogP contribution in [-0.2, 0) is 6.42 Å². The topological polar surface area (TPSA) is 66.9 Å². The minimum absolute atomic E-state index is 0.124. The predicted octanol–water partition coefficient (Wildman–Crippen LogP) is 3.98. The zero-order chi connectivity index (χ0) is 17.9. The van der Waals surface area contributed by atoms with Gasteiger partial charge in [0, 0.05) is 17.4 Å². The molecule has 1 fully saturated rings. The van der Waals surface area contributed by atoms with Gasteiger partial charge in [-0.3, -0.25) is 4.79 Å². The molecule has 1 aliphatic heterocycles. The van der Waals surface area contributed by atoms with E-state index in [0.717, 1.165) is 40.8 Å². The lowest BCUT2D eigenvalue weighted by molar-refractivity contribution is 0.102. The Balaban J connectivity index is 1.45. The summed E-state index contributed by atoms with van der Waals surface area (Å²) in [6, 6.07) is 9.98. The highest BCUT2D eigenvalue weighted by atomic mass is 32.1. The van der Waals surface area contributed by atoms with Crippen LogP contribution in [0, 0.1) is 12.8 Å². The number of nitrogens with zero attached hydrogens (tertiary/aromatic N) is 2. The number of hydrogen-bond donors (Lipinski definition) is 2. The summed E-state index contributed by atoms with van der Waals surface area (Å²) >= 11 is 3.03. The maximum Gasteiger partial charge on any atom is 0.268 e. The zero-order valence-corrected chi connectivity index (χ0v) is 16.1. The van der Waals surface area contributed by atoms with Crippen LogP contribution in [-0.4, -0.2) is 29.0 Å². The SMILES string of the molecule is Cc1nc(CC2CCNC2)sc1C(=O)Nc1csc(-c2ccccc2)n1. The first-order chi connectivity index (χ1) is 12.7. The molecule has 1 saturated heterocycles. The van der Waals surface area contributed by atoms with Crippen LogP contribution >= 0.6 is 22.7 Å². The van der Waals surface area contributed by atoms with Gasteiger partial charge in [-0.25, -0.2) is 9.97 Å². The molecule has 3 heterocycles. The molecule has 134 valence electrons. The van der Waals surface area contributed by atoms with Crippen molar-refractivity contribution in [2.24, 2.45) is 5.92 Å². The van der Waals surface area contributed by atoms with Gasteiger partial charge in [-0.2, -0.15) is 0 Å². The van der Waals surface area contributed by atoms with Crippen LogP contribution in [0.25, 0.3) is 10.6 Å². The van der Waals surface area contributed by atoms with Gasteiger partial charge in [0.2, 0.25) is 0 Å². The van der Waals surface area contributed by atoms with E-state index in [9.17, 15) is 4.79 Å². The van der Waals surface area contributed by atoms with Crippen LogP contribution in [0.3, 0.4) is 0 Å². The third kappa shape index (κ3) is 3.85. The van der Waals surface area contributed by atoms with Crippen molar-refractivity contribution in [1.29, 1.82) is 0 Å². The fraction of sp³-hybridized carbons (Fsp3) is 0.316. The third-order valence-corrected chi connectivity index (χ3v) is 6.51. The molecule has 4 rings (SSSR count). The Morgan fingerprint density at radius 2 is 2.15 bits per heavy atom. The quantitative estimate of drug-likeness (QED) is 0.698. The number of thiazole rings is 2. The molecule has 0 saturated carbocycles. The minimum Gasteiger partial charge on any atom is -0.316 e. The van der Waals surface area contributed by atoms with Gasteiger partial charge in [0.25, 0.3) is 5.91 Å². The number of carbonyl (C=O) groups excluding carboxylic acids is 1. The molecule has 0 aliphatic carbocycles. The number of hydrogen-bond acceptors (Lipinski definition) is 6. The van der Waals surface area contributed by atoms with Gasteiger partial charge in [-0.1, -0.05) is 30.3 Å². The number of rotatable bonds is 5. The Labute approximate surface area is 160 Å². The molecule has 1 unspecified atom stereocenters. The molecule has 1 atom stereocenters. The van der Waals surface area contributed by atoms with Crippen LogP contribution in [0.1, 0.15) is 26.8 Å². The summed E-state index contributed by atoms with van der Waals surface area (Å²) in [6.45, 7) is 4.02. The van der Waals surface area contributed by atoms with E-state index in [1.54, 1.807) is 0 Å². The normalized spacial score (nSPS) is 16.7. The van der Waals surface area contributed by atoms with Crippen molar-refractivity contribution in [3.63, 3.8) is 0 Å². The van der Waals surface area contributed by atoms with Crippen molar-refractivity contribution in [3.05, 3.63) is 51.3 Å². The van der Waals surface area contributed by atoms with Gasteiger partial charge in [-0.05, 0) is 32.4 Å². The summed E-state index contributed by atoms with van der Waals surface area (Å²) in [6.07, 6.45) is 2.13. The fourth-order valence-corrected chi connectivity index (χ4v) is 4.94. The van der Waals surface area contributed by atoms with Crippen molar-refractivity contribution in [1.82, 2.24) is 15.3 Å².